The lowest BCUT2D eigenvalue weighted by Gasteiger charge is -2.12. The van der Waals surface area contributed by atoms with E-state index in [0.717, 1.165) is 11.0 Å². The fourth-order valence-corrected chi connectivity index (χ4v) is 3.08. The maximum absolute atomic E-state index is 12.4. The minimum atomic E-state index is -0.696. The third-order valence-electron chi connectivity index (χ3n) is 3.02. The molecule has 7 nitrogen and oxygen atoms in total. The van der Waals surface area contributed by atoms with Crippen molar-refractivity contribution in [1.82, 2.24) is 0 Å². The largest absolute Gasteiger partial charge is 0.433 e. The molecule has 0 unspecified atom stereocenters. The predicted molar refractivity (Wildman–Crippen MR) is 90.3 cm³/mol. The lowest BCUT2D eigenvalue weighted by molar-refractivity contribution is -0.402. The molecule has 3 rings (SSSR count). The Balaban J connectivity index is 1.91. The molecule has 0 saturated carbocycles. The van der Waals surface area contributed by atoms with Gasteiger partial charge in [0, 0.05) is 6.08 Å². The van der Waals surface area contributed by atoms with Gasteiger partial charge in [0.15, 0.2) is 0 Å². The van der Waals surface area contributed by atoms with Crippen LogP contribution in [0.2, 0.25) is 10.0 Å². The average molecular weight is 385 g/mol. The Bertz CT molecular complexity index is 908. The van der Waals surface area contributed by atoms with Gasteiger partial charge in [-0.1, -0.05) is 23.2 Å². The number of rotatable bonds is 3. The van der Waals surface area contributed by atoms with Crippen LogP contribution in [0.4, 0.5) is 16.4 Å². The van der Waals surface area contributed by atoms with Gasteiger partial charge in [-0.15, -0.1) is 0 Å². The number of carbonyl (C=O) groups is 2. The first-order valence-corrected chi connectivity index (χ1v) is 7.91. The number of hydrogen-bond acceptors (Lipinski definition) is 6. The topological polar surface area (TPSA) is 93.7 Å². The van der Waals surface area contributed by atoms with Gasteiger partial charge in [-0.05, 0) is 36.0 Å². The predicted octanol–water partition coefficient (Wildman–Crippen LogP) is 4.74. The number of nitro groups is 1. The summed E-state index contributed by atoms with van der Waals surface area (Å²) in [6.07, 6.45) is 1.27. The maximum atomic E-state index is 12.4. The minimum absolute atomic E-state index is 0.0790. The van der Waals surface area contributed by atoms with E-state index in [1.807, 2.05) is 0 Å². The van der Waals surface area contributed by atoms with E-state index in [-0.39, 0.29) is 21.4 Å². The van der Waals surface area contributed by atoms with Crippen molar-refractivity contribution in [3.63, 3.8) is 0 Å². The number of hydrogen-bond donors (Lipinski definition) is 0. The van der Waals surface area contributed by atoms with Gasteiger partial charge in [-0.2, -0.15) is 0 Å². The molecule has 0 bridgehead atoms. The van der Waals surface area contributed by atoms with Gasteiger partial charge in [0.2, 0.25) is 0 Å². The first-order chi connectivity index (χ1) is 11.4. The molecule has 0 atom stereocenters. The Morgan fingerprint density at radius 3 is 2.54 bits per heavy atom. The van der Waals surface area contributed by atoms with Crippen LogP contribution in [0.1, 0.15) is 5.76 Å². The average Bonchev–Trinajstić information content (AvgIpc) is 3.09. The van der Waals surface area contributed by atoms with Gasteiger partial charge < -0.3 is 4.42 Å². The second-order valence-corrected chi connectivity index (χ2v) is 6.36. The van der Waals surface area contributed by atoms with E-state index in [1.165, 1.54) is 30.3 Å². The number of halogens is 2. The van der Waals surface area contributed by atoms with Gasteiger partial charge in [-0.3, -0.25) is 19.7 Å². The van der Waals surface area contributed by atoms with Gasteiger partial charge in [-0.25, -0.2) is 4.90 Å². The molecule has 2 aromatic rings. The van der Waals surface area contributed by atoms with Crippen LogP contribution in [-0.4, -0.2) is 16.1 Å². The number of nitrogens with zero attached hydrogens (tertiary/aromatic N) is 2. The highest BCUT2D eigenvalue weighted by molar-refractivity contribution is 8.19. The zero-order valence-corrected chi connectivity index (χ0v) is 13.9. The third-order valence-corrected chi connectivity index (χ3v) is 4.63. The fourth-order valence-electron chi connectivity index (χ4n) is 1.96. The zero-order chi connectivity index (χ0) is 17.4. The smallest absolute Gasteiger partial charge is 0.401 e. The molecule has 1 fully saturated rings. The number of anilines is 1. The quantitative estimate of drug-likeness (QED) is 0.431. The molecule has 2 heterocycles. The minimum Gasteiger partial charge on any atom is -0.401 e. The van der Waals surface area contributed by atoms with Crippen molar-refractivity contribution in [3.8, 4) is 0 Å². The molecular formula is C14H6Cl2N2O5S. The molecule has 0 aliphatic carbocycles. The standard InChI is InChI=1S/C14H6Cl2N2O5S/c15-9-3-1-7(5-10(9)16)17-13(19)11(24-14(17)20)6-8-2-4-12(23-8)18(21)22/h1-6H/b11-6-. The van der Waals surface area contributed by atoms with Crippen molar-refractivity contribution in [1.29, 1.82) is 0 Å². The highest BCUT2D eigenvalue weighted by Crippen LogP contribution is 2.38. The van der Waals surface area contributed by atoms with Gasteiger partial charge in [0.05, 0.1) is 26.7 Å². The van der Waals surface area contributed by atoms with Crippen LogP contribution < -0.4 is 4.90 Å². The second kappa shape index (κ2) is 6.31. The molecule has 0 spiro atoms. The summed E-state index contributed by atoms with van der Waals surface area (Å²) in [5, 5.41) is 10.6. The molecule has 2 amide bonds. The molecule has 122 valence electrons. The number of furan rings is 1. The van der Waals surface area contributed by atoms with Gasteiger partial charge in [0.25, 0.3) is 11.1 Å². The number of carbonyl (C=O) groups excluding carboxylic acids is 2. The monoisotopic (exact) mass is 384 g/mol. The van der Waals surface area contributed by atoms with Crippen molar-refractivity contribution in [2.75, 3.05) is 4.90 Å². The van der Waals surface area contributed by atoms with Crippen molar-refractivity contribution in [3.05, 3.63) is 61.2 Å². The first-order valence-electron chi connectivity index (χ1n) is 6.34. The number of amides is 2. The third kappa shape index (κ3) is 3.03. The SMILES string of the molecule is O=C1S/C(=C\c2ccc([N+](=O)[O-])o2)C(=O)N1c1ccc(Cl)c(Cl)c1. The van der Waals surface area contributed by atoms with Crippen LogP contribution >= 0.6 is 35.0 Å². The summed E-state index contributed by atoms with van der Waals surface area (Å²) in [6, 6.07) is 6.87. The molecule has 1 saturated heterocycles. The van der Waals surface area contributed by atoms with Crippen LogP contribution in [0, 0.1) is 10.1 Å². The lowest BCUT2D eigenvalue weighted by Crippen LogP contribution is -2.27. The molecule has 1 aliphatic heterocycles. The summed E-state index contributed by atoms with van der Waals surface area (Å²) in [5.74, 6) is -0.936. The summed E-state index contributed by atoms with van der Waals surface area (Å²) < 4.78 is 4.96. The van der Waals surface area contributed by atoms with Crippen molar-refractivity contribution in [2.24, 2.45) is 0 Å². The van der Waals surface area contributed by atoms with E-state index in [4.69, 9.17) is 27.6 Å². The Kier molecular flexibility index (Phi) is 4.35. The van der Waals surface area contributed by atoms with Crippen LogP contribution in [0.3, 0.4) is 0 Å². The van der Waals surface area contributed by atoms with Crippen LogP contribution in [0.25, 0.3) is 6.08 Å². The molecule has 24 heavy (non-hydrogen) atoms. The molecule has 1 aromatic carbocycles. The summed E-state index contributed by atoms with van der Waals surface area (Å²) in [7, 11) is 0. The Hall–Kier alpha value is -2.29. The van der Waals surface area contributed by atoms with Gasteiger partial charge in [0.1, 0.15) is 10.7 Å². The normalized spacial score (nSPS) is 16.2. The lowest BCUT2D eigenvalue weighted by atomic mass is 10.3. The summed E-state index contributed by atoms with van der Waals surface area (Å²) in [4.78, 5) is 35.5. The molecular weight excluding hydrogens is 379 g/mol. The van der Waals surface area contributed by atoms with E-state index in [2.05, 4.69) is 0 Å². The molecule has 10 heteroatoms. The van der Waals surface area contributed by atoms with Gasteiger partial charge >= 0.3 is 5.88 Å². The van der Waals surface area contributed by atoms with Crippen LogP contribution in [0.5, 0.6) is 0 Å². The molecule has 0 radical (unpaired) electrons. The van der Waals surface area contributed by atoms with E-state index in [0.29, 0.717) is 16.8 Å². The Morgan fingerprint density at radius 1 is 1.17 bits per heavy atom. The summed E-state index contributed by atoms with van der Waals surface area (Å²) >= 11 is 12.4. The molecule has 1 aromatic heterocycles. The molecule has 0 N–H and O–H groups in total. The van der Waals surface area contributed by atoms with E-state index >= 15 is 0 Å². The fraction of sp³-hybridized carbons (Fsp3) is 0. The number of thioether (sulfide) groups is 1. The molecule has 1 aliphatic rings. The van der Waals surface area contributed by atoms with E-state index in [9.17, 15) is 19.7 Å². The number of benzene rings is 1. The summed E-state index contributed by atoms with van der Waals surface area (Å²) in [6.45, 7) is 0. The van der Waals surface area contributed by atoms with Crippen molar-refractivity contribution < 1.29 is 18.9 Å². The van der Waals surface area contributed by atoms with Crippen LogP contribution in [-0.2, 0) is 4.79 Å². The number of imide groups is 1. The zero-order valence-electron chi connectivity index (χ0n) is 11.6. The Labute approximate surface area is 149 Å². The second-order valence-electron chi connectivity index (χ2n) is 4.55. The van der Waals surface area contributed by atoms with Crippen molar-refractivity contribution in [2.45, 2.75) is 0 Å². The van der Waals surface area contributed by atoms with Crippen LogP contribution in [0.15, 0.2) is 39.7 Å². The van der Waals surface area contributed by atoms with E-state index < -0.39 is 22.0 Å². The summed E-state index contributed by atoms with van der Waals surface area (Å²) in [5.41, 5.74) is 0.278. The van der Waals surface area contributed by atoms with E-state index in [1.54, 1.807) is 0 Å². The Morgan fingerprint density at radius 2 is 1.92 bits per heavy atom. The van der Waals surface area contributed by atoms with Crippen molar-refractivity contribution >= 4 is 63.8 Å². The highest BCUT2D eigenvalue weighted by Gasteiger charge is 2.36. The maximum Gasteiger partial charge on any atom is 0.433 e. The first kappa shape index (κ1) is 16.6. The highest BCUT2D eigenvalue weighted by atomic mass is 35.5.